The quantitative estimate of drug-likeness (QED) is 0.908. The molecule has 2 aromatic rings. The molecule has 0 bridgehead atoms. The second kappa shape index (κ2) is 6.36. The van der Waals surface area contributed by atoms with E-state index < -0.39 is 0 Å². The van der Waals surface area contributed by atoms with Gasteiger partial charge in [0.2, 0.25) is 0 Å². The lowest BCUT2D eigenvalue weighted by atomic mass is 9.94. The highest BCUT2D eigenvalue weighted by molar-refractivity contribution is 7.14. The van der Waals surface area contributed by atoms with Crippen molar-refractivity contribution in [3.63, 3.8) is 0 Å². The number of hydrogen-bond donors (Lipinski definition) is 2. The van der Waals surface area contributed by atoms with Gasteiger partial charge in [0.05, 0.1) is 17.8 Å². The molecule has 0 unspecified atom stereocenters. The molecule has 3 rings (SSSR count). The van der Waals surface area contributed by atoms with Crippen molar-refractivity contribution in [2.24, 2.45) is 0 Å². The Morgan fingerprint density at radius 3 is 3.14 bits per heavy atom. The lowest BCUT2D eigenvalue weighted by molar-refractivity contribution is 0.244. The van der Waals surface area contributed by atoms with Gasteiger partial charge in [0.25, 0.3) is 0 Å². The van der Waals surface area contributed by atoms with Crippen LogP contribution in [0.3, 0.4) is 0 Å². The molecule has 0 aliphatic carbocycles. The molecule has 1 aliphatic heterocycles. The Hall–Kier alpha value is -2.08. The Balaban J connectivity index is 1.63. The largest absolute Gasteiger partial charge is 0.493 e. The topological polar surface area (TPSA) is 63.2 Å². The number of nitrogens with zero attached hydrogens (tertiary/aromatic N) is 1. The van der Waals surface area contributed by atoms with Gasteiger partial charge in [-0.2, -0.15) is 0 Å². The third-order valence-electron chi connectivity index (χ3n) is 3.90. The number of thiazole rings is 1. The molecule has 5 nitrogen and oxygen atoms in total. The maximum absolute atomic E-state index is 12.2. The van der Waals surface area contributed by atoms with Crippen LogP contribution in [0.5, 0.6) is 5.75 Å². The molecule has 0 radical (unpaired) electrons. The summed E-state index contributed by atoms with van der Waals surface area (Å²) in [5.41, 5.74) is 3.82. The molecule has 2 heterocycles. The first-order chi connectivity index (χ1) is 10.7. The van der Waals surface area contributed by atoms with Gasteiger partial charge in [0.15, 0.2) is 0 Å². The summed E-state index contributed by atoms with van der Waals surface area (Å²) in [6.07, 6.45) is 0.804. The third-order valence-corrected chi connectivity index (χ3v) is 4.69. The number of aromatic nitrogens is 1. The average molecular weight is 317 g/mol. The summed E-state index contributed by atoms with van der Waals surface area (Å²) in [6.45, 7) is 4.62. The van der Waals surface area contributed by atoms with Gasteiger partial charge in [0, 0.05) is 17.5 Å². The summed E-state index contributed by atoms with van der Waals surface area (Å²) < 4.78 is 5.68. The number of rotatable bonds is 4. The van der Waals surface area contributed by atoms with Crippen LogP contribution in [-0.2, 0) is 6.42 Å². The number of para-hydroxylation sites is 1. The number of carbonyl (C=O) groups is 1. The number of carbonyl (C=O) groups excluding carboxylic acids is 1. The number of benzene rings is 1. The molecule has 1 aromatic heterocycles. The monoisotopic (exact) mass is 317 g/mol. The number of urea groups is 1. The van der Waals surface area contributed by atoms with E-state index >= 15 is 0 Å². The Kier molecular flexibility index (Phi) is 4.29. The van der Waals surface area contributed by atoms with Crippen molar-refractivity contribution in [3.05, 3.63) is 41.0 Å². The van der Waals surface area contributed by atoms with Crippen molar-refractivity contribution in [2.45, 2.75) is 32.2 Å². The predicted molar refractivity (Wildman–Crippen MR) is 87.8 cm³/mol. The van der Waals surface area contributed by atoms with E-state index in [1.54, 1.807) is 5.51 Å². The third kappa shape index (κ3) is 2.92. The summed E-state index contributed by atoms with van der Waals surface area (Å²) in [4.78, 5) is 16.4. The highest BCUT2D eigenvalue weighted by Crippen LogP contribution is 2.35. The molecule has 22 heavy (non-hydrogen) atoms. The molecule has 0 saturated heterocycles. The second-order valence-electron chi connectivity index (χ2n) is 5.32. The van der Waals surface area contributed by atoms with Crippen LogP contribution in [0.4, 0.5) is 9.80 Å². The zero-order chi connectivity index (χ0) is 15.5. The molecular weight excluding hydrogens is 298 g/mol. The van der Waals surface area contributed by atoms with Crippen LogP contribution in [0.15, 0.2) is 29.8 Å². The van der Waals surface area contributed by atoms with Crippen molar-refractivity contribution < 1.29 is 9.53 Å². The number of anilines is 1. The zero-order valence-corrected chi connectivity index (χ0v) is 13.4. The van der Waals surface area contributed by atoms with Gasteiger partial charge in [-0.1, -0.05) is 25.1 Å². The molecule has 0 saturated carbocycles. The van der Waals surface area contributed by atoms with Crippen molar-refractivity contribution in [2.75, 3.05) is 11.9 Å². The van der Waals surface area contributed by atoms with E-state index in [4.69, 9.17) is 4.74 Å². The number of fused-ring (bicyclic) bond motifs is 1. The van der Waals surface area contributed by atoms with Crippen LogP contribution in [-0.4, -0.2) is 23.7 Å². The van der Waals surface area contributed by atoms with Crippen LogP contribution in [0.2, 0.25) is 0 Å². The normalized spacial score (nSPS) is 17.5. The van der Waals surface area contributed by atoms with Crippen molar-refractivity contribution >= 4 is 22.4 Å². The van der Waals surface area contributed by atoms with Crippen molar-refractivity contribution in [1.82, 2.24) is 10.3 Å². The van der Waals surface area contributed by atoms with Gasteiger partial charge < -0.3 is 10.1 Å². The fourth-order valence-electron chi connectivity index (χ4n) is 2.67. The molecule has 2 amide bonds. The highest BCUT2D eigenvalue weighted by atomic mass is 32.1. The first kappa shape index (κ1) is 14.8. The highest BCUT2D eigenvalue weighted by Gasteiger charge is 2.29. The maximum Gasteiger partial charge on any atom is 0.320 e. The molecule has 6 heteroatoms. The summed E-state index contributed by atoms with van der Waals surface area (Å²) >= 11 is 1.44. The number of ether oxygens (including phenoxy) is 1. The molecule has 1 aliphatic rings. The summed E-state index contributed by atoms with van der Waals surface area (Å²) in [7, 11) is 0. The van der Waals surface area contributed by atoms with Crippen LogP contribution < -0.4 is 15.4 Å². The Bertz CT molecular complexity index is 671. The molecule has 0 spiro atoms. The number of nitrogens with one attached hydrogen (secondary N) is 2. The van der Waals surface area contributed by atoms with Gasteiger partial charge in [-0.05, 0) is 19.4 Å². The van der Waals surface area contributed by atoms with E-state index in [0.29, 0.717) is 6.61 Å². The summed E-state index contributed by atoms with van der Waals surface area (Å²) in [5.74, 6) is 1.09. The summed E-state index contributed by atoms with van der Waals surface area (Å²) in [5, 5.41) is 6.70. The van der Waals surface area contributed by atoms with Crippen LogP contribution in [0.25, 0.3) is 0 Å². The molecular formula is C16H19N3O2S. The lowest BCUT2D eigenvalue weighted by Crippen LogP contribution is -2.40. The van der Waals surface area contributed by atoms with Gasteiger partial charge in [-0.25, -0.2) is 9.78 Å². The predicted octanol–water partition coefficient (Wildman–Crippen LogP) is 3.39. The smallest absolute Gasteiger partial charge is 0.320 e. The minimum atomic E-state index is -0.198. The van der Waals surface area contributed by atoms with Crippen LogP contribution in [0.1, 0.15) is 31.0 Å². The Morgan fingerprint density at radius 2 is 2.32 bits per heavy atom. The molecule has 116 valence electrons. The fourth-order valence-corrected chi connectivity index (χ4v) is 3.44. The zero-order valence-electron chi connectivity index (χ0n) is 12.6. The van der Waals surface area contributed by atoms with Gasteiger partial charge >= 0.3 is 6.03 Å². The van der Waals surface area contributed by atoms with Crippen molar-refractivity contribution in [1.29, 1.82) is 0 Å². The minimum absolute atomic E-state index is 0.0124. The average Bonchev–Trinajstić information content (AvgIpc) is 3.13. The van der Waals surface area contributed by atoms with Gasteiger partial charge in [-0.3, -0.25) is 5.32 Å². The molecule has 2 atom stereocenters. The minimum Gasteiger partial charge on any atom is -0.493 e. The fraction of sp³-hybridized carbons (Fsp3) is 0.375. The maximum atomic E-state index is 12.2. The number of aryl methyl sites for hydroxylation is 1. The first-order valence-corrected chi connectivity index (χ1v) is 8.28. The molecule has 0 fully saturated rings. The number of hydrogen-bond acceptors (Lipinski definition) is 4. The first-order valence-electron chi connectivity index (χ1n) is 7.40. The second-order valence-corrected chi connectivity index (χ2v) is 6.18. The Labute approximate surface area is 133 Å². The molecule has 1 aromatic carbocycles. The van der Waals surface area contributed by atoms with E-state index in [1.807, 2.05) is 32.0 Å². The van der Waals surface area contributed by atoms with Gasteiger partial charge in [0.1, 0.15) is 10.8 Å². The van der Waals surface area contributed by atoms with E-state index in [2.05, 4.69) is 21.7 Å². The van der Waals surface area contributed by atoms with E-state index in [9.17, 15) is 4.79 Å². The summed E-state index contributed by atoms with van der Waals surface area (Å²) in [6, 6.07) is 7.77. The SMILES string of the molecule is CCc1ncsc1NC(=O)N[C@@H](C)[C@H]1COc2ccccc21. The standard InChI is InChI=1S/C16H19N3O2S/c1-3-13-15(22-9-17-13)19-16(20)18-10(2)12-8-21-14-7-5-4-6-11(12)14/h4-7,9-10,12H,3,8H2,1-2H3,(H2,18,19,20)/t10-,12+/m0/s1. The Morgan fingerprint density at radius 1 is 1.50 bits per heavy atom. The van der Waals surface area contributed by atoms with Crippen LogP contribution >= 0.6 is 11.3 Å². The number of amides is 2. The van der Waals surface area contributed by atoms with E-state index in [-0.39, 0.29) is 18.0 Å². The van der Waals surface area contributed by atoms with Crippen molar-refractivity contribution in [3.8, 4) is 5.75 Å². The van der Waals surface area contributed by atoms with Crippen LogP contribution in [0, 0.1) is 0 Å². The molecule has 2 N–H and O–H groups in total. The lowest BCUT2D eigenvalue weighted by Gasteiger charge is -2.20. The van der Waals surface area contributed by atoms with E-state index in [1.165, 1.54) is 11.3 Å². The van der Waals surface area contributed by atoms with E-state index in [0.717, 1.165) is 28.4 Å². The van der Waals surface area contributed by atoms with Gasteiger partial charge in [-0.15, -0.1) is 11.3 Å².